The van der Waals surface area contributed by atoms with Crippen LogP contribution in [0.1, 0.15) is 32.3 Å². The number of nitrogens with zero attached hydrogens (tertiary/aromatic N) is 2. The number of pyridine rings is 1. The molecule has 1 heterocycles. The van der Waals surface area contributed by atoms with Gasteiger partial charge in [0.05, 0.1) is 6.04 Å². The van der Waals surface area contributed by atoms with E-state index in [0.29, 0.717) is 13.1 Å². The highest BCUT2D eigenvalue weighted by atomic mass is 16.2. The number of carbonyl (C=O) groups is 1. The summed E-state index contributed by atoms with van der Waals surface area (Å²) in [6.45, 7) is 5.29. The first kappa shape index (κ1) is 13.6. The van der Waals surface area contributed by atoms with E-state index < -0.39 is 0 Å². The Hall–Kier alpha value is -1.42. The average Bonchev–Trinajstić information content (AvgIpc) is 2.36. The van der Waals surface area contributed by atoms with E-state index in [-0.39, 0.29) is 11.9 Å². The van der Waals surface area contributed by atoms with E-state index in [4.69, 9.17) is 5.73 Å². The maximum absolute atomic E-state index is 12.1. The highest BCUT2D eigenvalue weighted by molar-refractivity contribution is 5.81. The van der Waals surface area contributed by atoms with Crippen LogP contribution < -0.4 is 5.73 Å². The SMILES string of the molecule is CCC[C@@H](N)C(=O)N(CC)Cc1ccncc1. The van der Waals surface area contributed by atoms with Gasteiger partial charge in [-0.25, -0.2) is 0 Å². The van der Waals surface area contributed by atoms with Crippen molar-refractivity contribution in [2.75, 3.05) is 6.54 Å². The minimum Gasteiger partial charge on any atom is -0.337 e. The molecule has 0 spiro atoms. The summed E-state index contributed by atoms with van der Waals surface area (Å²) in [4.78, 5) is 17.8. The largest absolute Gasteiger partial charge is 0.337 e. The van der Waals surface area contributed by atoms with Crippen LogP contribution in [0.25, 0.3) is 0 Å². The third-order valence-corrected chi connectivity index (χ3v) is 2.73. The third-order valence-electron chi connectivity index (χ3n) is 2.73. The number of nitrogens with two attached hydrogens (primary N) is 1. The van der Waals surface area contributed by atoms with Gasteiger partial charge in [-0.15, -0.1) is 0 Å². The van der Waals surface area contributed by atoms with Crippen molar-refractivity contribution in [3.05, 3.63) is 30.1 Å². The molecular formula is C13H21N3O. The summed E-state index contributed by atoms with van der Waals surface area (Å²) >= 11 is 0. The molecule has 1 atom stereocenters. The number of carbonyl (C=O) groups excluding carboxylic acids is 1. The Morgan fingerprint density at radius 2 is 2.06 bits per heavy atom. The molecule has 1 aromatic rings. The van der Waals surface area contributed by atoms with E-state index in [1.807, 2.05) is 26.0 Å². The van der Waals surface area contributed by atoms with Crippen LogP contribution in [0, 0.1) is 0 Å². The number of rotatable bonds is 6. The van der Waals surface area contributed by atoms with Gasteiger partial charge in [0.2, 0.25) is 5.91 Å². The van der Waals surface area contributed by atoms with Crippen molar-refractivity contribution in [1.29, 1.82) is 0 Å². The molecule has 0 aliphatic carbocycles. The fraction of sp³-hybridized carbons (Fsp3) is 0.538. The molecule has 1 aromatic heterocycles. The zero-order valence-corrected chi connectivity index (χ0v) is 10.6. The van der Waals surface area contributed by atoms with E-state index in [0.717, 1.165) is 18.4 Å². The molecule has 0 aliphatic heterocycles. The van der Waals surface area contributed by atoms with Crippen LogP contribution in [0.3, 0.4) is 0 Å². The summed E-state index contributed by atoms with van der Waals surface area (Å²) in [5, 5.41) is 0. The van der Waals surface area contributed by atoms with Crippen LogP contribution in [0.4, 0.5) is 0 Å². The normalized spacial score (nSPS) is 12.2. The fourth-order valence-electron chi connectivity index (χ4n) is 1.72. The second kappa shape index (κ2) is 7.01. The average molecular weight is 235 g/mol. The van der Waals surface area contributed by atoms with Gasteiger partial charge in [-0.1, -0.05) is 13.3 Å². The van der Waals surface area contributed by atoms with Crippen molar-refractivity contribution in [3.8, 4) is 0 Å². The second-order valence-corrected chi connectivity index (χ2v) is 4.10. The van der Waals surface area contributed by atoms with E-state index >= 15 is 0 Å². The number of hydrogen-bond acceptors (Lipinski definition) is 3. The highest BCUT2D eigenvalue weighted by Gasteiger charge is 2.18. The van der Waals surface area contributed by atoms with Crippen LogP contribution in [0.15, 0.2) is 24.5 Å². The molecule has 0 aliphatic rings. The molecule has 94 valence electrons. The molecule has 0 saturated carbocycles. The van der Waals surface area contributed by atoms with E-state index in [1.54, 1.807) is 17.3 Å². The zero-order valence-electron chi connectivity index (χ0n) is 10.6. The van der Waals surface area contributed by atoms with Crippen molar-refractivity contribution < 1.29 is 4.79 Å². The van der Waals surface area contributed by atoms with Gasteiger partial charge in [0.15, 0.2) is 0 Å². The first-order chi connectivity index (χ1) is 8.19. The van der Waals surface area contributed by atoms with Crippen molar-refractivity contribution >= 4 is 5.91 Å². The number of hydrogen-bond donors (Lipinski definition) is 1. The van der Waals surface area contributed by atoms with Crippen molar-refractivity contribution in [2.24, 2.45) is 5.73 Å². The number of aromatic nitrogens is 1. The molecule has 0 aromatic carbocycles. The van der Waals surface area contributed by atoms with Crippen LogP contribution >= 0.6 is 0 Å². The topological polar surface area (TPSA) is 59.2 Å². The van der Waals surface area contributed by atoms with Gasteiger partial charge in [0.1, 0.15) is 0 Å². The molecule has 1 amide bonds. The minimum absolute atomic E-state index is 0.0335. The molecule has 0 fully saturated rings. The van der Waals surface area contributed by atoms with Gasteiger partial charge in [-0.05, 0) is 31.0 Å². The Labute approximate surface area is 103 Å². The Morgan fingerprint density at radius 1 is 1.41 bits per heavy atom. The van der Waals surface area contributed by atoms with Crippen molar-refractivity contribution in [1.82, 2.24) is 9.88 Å². The van der Waals surface area contributed by atoms with Crippen LogP contribution in [-0.4, -0.2) is 28.4 Å². The Bertz CT molecular complexity index is 340. The molecule has 2 N–H and O–H groups in total. The Morgan fingerprint density at radius 3 is 2.59 bits per heavy atom. The lowest BCUT2D eigenvalue weighted by molar-refractivity contribution is -0.133. The highest BCUT2D eigenvalue weighted by Crippen LogP contribution is 2.06. The monoisotopic (exact) mass is 235 g/mol. The molecule has 0 bridgehead atoms. The maximum atomic E-state index is 12.1. The quantitative estimate of drug-likeness (QED) is 0.814. The van der Waals surface area contributed by atoms with Crippen molar-refractivity contribution in [3.63, 3.8) is 0 Å². The smallest absolute Gasteiger partial charge is 0.239 e. The van der Waals surface area contributed by atoms with E-state index in [2.05, 4.69) is 4.98 Å². The number of likely N-dealkylation sites (N-methyl/N-ethyl adjacent to an activating group) is 1. The predicted octanol–water partition coefficient (Wildman–Crippen LogP) is 1.56. The van der Waals surface area contributed by atoms with Gasteiger partial charge in [0.25, 0.3) is 0 Å². The maximum Gasteiger partial charge on any atom is 0.239 e. The Balaban J connectivity index is 2.62. The number of amides is 1. The van der Waals surface area contributed by atoms with Gasteiger partial charge in [-0.2, -0.15) is 0 Å². The Kier molecular flexibility index (Phi) is 5.63. The van der Waals surface area contributed by atoms with Crippen LogP contribution in [-0.2, 0) is 11.3 Å². The van der Waals surface area contributed by atoms with Crippen LogP contribution in [0.5, 0.6) is 0 Å². The summed E-state index contributed by atoms with van der Waals surface area (Å²) in [7, 11) is 0. The zero-order chi connectivity index (χ0) is 12.7. The molecule has 4 heteroatoms. The first-order valence-corrected chi connectivity index (χ1v) is 6.12. The van der Waals surface area contributed by atoms with Crippen LogP contribution in [0.2, 0.25) is 0 Å². The van der Waals surface area contributed by atoms with Gasteiger partial charge >= 0.3 is 0 Å². The fourth-order valence-corrected chi connectivity index (χ4v) is 1.72. The molecule has 4 nitrogen and oxygen atoms in total. The molecule has 17 heavy (non-hydrogen) atoms. The van der Waals surface area contributed by atoms with Gasteiger partial charge in [-0.3, -0.25) is 9.78 Å². The van der Waals surface area contributed by atoms with E-state index in [9.17, 15) is 4.79 Å². The van der Waals surface area contributed by atoms with Gasteiger partial charge < -0.3 is 10.6 Å². The standard InChI is InChI=1S/C13H21N3O/c1-3-5-12(14)13(17)16(4-2)10-11-6-8-15-9-7-11/h6-9,12H,3-5,10,14H2,1-2H3/t12-/m1/s1. The minimum atomic E-state index is -0.373. The predicted molar refractivity (Wildman–Crippen MR) is 68.2 cm³/mol. The summed E-state index contributed by atoms with van der Waals surface area (Å²) < 4.78 is 0. The molecule has 0 unspecified atom stereocenters. The summed E-state index contributed by atoms with van der Waals surface area (Å²) in [5.74, 6) is 0.0335. The first-order valence-electron chi connectivity index (χ1n) is 6.12. The van der Waals surface area contributed by atoms with Gasteiger partial charge in [0, 0.05) is 25.5 Å². The molecule has 0 radical (unpaired) electrons. The molecular weight excluding hydrogens is 214 g/mol. The summed E-state index contributed by atoms with van der Waals surface area (Å²) in [5.41, 5.74) is 6.94. The summed E-state index contributed by atoms with van der Waals surface area (Å²) in [6.07, 6.45) is 5.14. The lowest BCUT2D eigenvalue weighted by atomic mass is 10.1. The van der Waals surface area contributed by atoms with E-state index in [1.165, 1.54) is 0 Å². The molecule has 0 saturated heterocycles. The lowest BCUT2D eigenvalue weighted by Crippen LogP contribution is -2.43. The molecule has 1 rings (SSSR count). The second-order valence-electron chi connectivity index (χ2n) is 4.10. The third kappa shape index (κ3) is 4.15. The summed E-state index contributed by atoms with van der Waals surface area (Å²) in [6, 6.07) is 3.46. The van der Waals surface area contributed by atoms with Crippen molar-refractivity contribution in [2.45, 2.75) is 39.3 Å². The lowest BCUT2D eigenvalue weighted by Gasteiger charge is -2.24.